The fraction of sp³-hybridized carbons (Fsp3) is 0.423. The summed E-state index contributed by atoms with van der Waals surface area (Å²) in [4.78, 5) is 27.5. The molecule has 0 spiro atoms. The number of amides is 2. The average molecular weight is 451 g/mol. The van der Waals surface area contributed by atoms with E-state index in [-0.39, 0.29) is 29.5 Å². The van der Waals surface area contributed by atoms with Crippen molar-refractivity contribution >= 4 is 17.6 Å². The maximum atomic E-state index is 13.1. The molecule has 2 amide bonds. The van der Waals surface area contributed by atoms with Crippen LogP contribution in [0.3, 0.4) is 0 Å². The highest BCUT2D eigenvalue weighted by Crippen LogP contribution is 2.27. The van der Waals surface area contributed by atoms with Crippen LogP contribution >= 0.6 is 0 Å². The van der Waals surface area contributed by atoms with E-state index in [1.807, 2.05) is 37.3 Å². The van der Waals surface area contributed by atoms with E-state index in [9.17, 15) is 9.59 Å². The van der Waals surface area contributed by atoms with Crippen molar-refractivity contribution in [1.29, 1.82) is 0 Å². The zero-order valence-electron chi connectivity index (χ0n) is 20.4. The minimum atomic E-state index is -0.293. The lowest BCUT2D eigenvalue weighted by Gasteiger charge is -2.22. The minimum Gasteiger partial charge on any atom is -0.459 e. The number of benzene rings is 1. The van der Waals surface area contributed by atoms with E-state index in [0.717, 1.165) is 23.4 Å². The summed E-state index contributed by atoms with van der Waals surface area (Å²) in [5.41, 5.74) is 2.62. The number of anilines is 1. The lowest BCUT2D eigenvalue weighted by molar-refractivity contribution is -0.117. The van der Waals surface area contributed by atoms with E-state index in [4.69, 9.17) is 9.52 Å². The first-order chi connectivity index (χ1) is 15.6. The number of carbonyl (C=O) groups is 2. The molecule has 0 aliphatic carbocycles. The van der Waals surface area contributed by atoms with Crippen LogP contribution in [0.25, 0.3) is 5.69 Å². The molecule has 2 aromatic heterocycles. The molecular weight excluding hydrogens is 416 g/mol. The first-order valence-electron chi connectivity index (χ1n) is 11.4. The normalized spacial score (nSPS) is 11.6. The Morgan fingerprint density at radius 1 is 1.15 bits per heavy atom. The summed E-state index contributed by atoms with van der Waals surface area (Å²) in [6.45, 7) is 12.8. The van der Waals surface area contributed by atoms with Crippen LogP contribution in [0.2, 0.25) is 0 Å². The van der Waals surface area contributed by atoms with Gasteiger partial charge in [0.2, 0.25) is 5.91 Å². The maximum Gasteiger partial charge on any atom is 0.290 e. The number of carbonyl (C=O) groups excluding carboxylic acids is 2. The van der Waals surface area contributed by atoms with E-state index in [1.165, 1.54) is 11.2 Å². The van der Waals surface area contributed by atoms with Crippen LogP contribution in [0.4, 0.5) is 5.82 Å². The molecule has 1 N–H and O–H groups in total. The van der Waals surface area contributed by atoms with Gasteiger partial charge in [-0.25, -0.2) is 4.68 Å². The van der Waals surface area contributed by atoms with Gasteiger partial charge in [-0.05, 0) is 43.0 Å². The second-order valence-corrected chi connectivity index (χ2v) is 9.80. The van der Waals surface area contributed by atoms with Crippen LogP contribution in [-0.2, 0) is 10.2 Å². The van der Waals surface area contributed by atoms with Gasteiger partial charge in [-0.1, -0.05) is 52.8 Å². The Kier molecular flexibility index (Phi) is 7.41. The van der Waals surface area contributed by atoms with E-state index in [1.54, 1.807) is 16.8 Å². The second kappa shape index (κ2) is 10.1. The van der Waals surface area contributed by atoms with Crippen LogP contribution < -0.4 is 5.32 Å². The first-order valence-corrected chi connectivity index (χ1v) is 11.4. The third-order valence-corrected chi connectivity index (χ3v) is 5.42. The molecule has 176 valence electrons. The molecule has 0 aliphatic rings. The van der Waals surface area contributed by atoms with Gasteiger partial charge in [0.05, 0.1) is 17.6 Å². The van der Waals surface area contributed by atoms with Crippen molar-refractivity contribution in [2.24, 2.45) is 5.92 Å². The van der Waals surface area contributed by atoms with Crippen molar-refractivity contribution in [3.05, 3.63) is 65.7 Å². The van der Waals surface area contributed by atoms with Gasteiger partial charge >= 0.3 is 0 Å². The number of nitrogens with zero attached hydrogens (tertiary/aromatic N) is 3. The molecule has 7 heteroatoms. The number of hydrogen-bond donors (Lipinski definition) is 1. The molecule has 0 saturated carbocycles. The summed E-state index contributed by atoms with van der Waals surface area (Å²) < 4.78 is 7.04. The fourth-order valence-corrected chi connectivity index (χ4v) is 3.40. The molecule has 0 radical (unpaired) electrons. The molecule has 0 aliphatic heterocycles. The van der Waals surface area contributed by atoms with Crippen LogP contribution in [0.5, 0.6) is 0 Å². The SMILES string of the molecule is Cc1ccccc1-n1nc(C(C)(C)C)cc1NC(=O)CN(CCC(C)C)C(=O)c1ccco1. The van der Waals surface area contributed by atoms with Crippen molar-refractivity contribution in [3.8, 4) is 5.69 Å². The number of aryl methyl sites for hydroxylation is 1. The predicted octanol–water partition coefficient (Wildman–Crippen LogP) is 5.20. The molecule has 33 heavy (non-hydrogen) atoms. The van der Waals surface area contributed by atoms with Gasteiger partial charge in [-0.3, -0.25) is 9.59 Å². The van der Waals surface area contributed by atoms with Crippen molar-refractivity contribution in [2.45, 2.75) is 53.4 Å². The number of nitrogens with one attached hydrogen (secondary N) is 1. The molecule has 3 aromatic rings. The van der Waals surface area contributed by atoms with E-state index in [0.29, 0.717) is 18.3 Å². The number of hydrogen-bond acceptors (Lipinski definition) is 4. The van der Waals surface area contributed by atoms with Crippen molar-refractivity contribution in [3.63, 3.8) is 0 Å². The number of furan rings is 1. The topological polar surface area (TPSA) is 80.4 Å². The molecule has 0 fully saturated rings. The van der Waals surface area contributed by atoms with Gasteiger partial charge in [0.15, 0.2) is 5.76 Å². The highest BCUT2D eigenvalue weighted by atomic mass is 16.3. The van der Waals surface area contributed by atoms with Crippen molar-refractivity contribution < 1.29 is 14.0 Å². The molecule has 0 unspecified atom stereocenters. The smallest absolute Gasteiger partial charge is 0.290 e. The third kappa shape index (κ3) is 6.12. The Morgan fingerprint density at radius 2 is 1.88 bits per heavy atom. The standard InChI is InChI=1S/C26H34N4O3/c1-18(2)13-14-29(25(32)21-12-9-15-33-21)17-24(31)27-23-16-22(26(4,5)6)28-30(23)20-11-8-7-10-19(20)3/h7-12,15-16,18H,13-14,17H2,1-6H3,(H,27,31). The van der Waals surface area contributed by atoms with Crippen LogP contribution in [0, 0.1) is 12.8 Å². The maximum absolute atomic E-state index is 13.1. The van der Waals surface area contributed by atoms with Crippen LogP contribution in [0.1, 0.15) is 62.9 Å². The summed E-state index contributed by atoms with van der Waals surface area (Å²) in [7, 11) is 0. The Bertz CT molecular complexity index is 1090. The van der Waals surface area contributed by atoms with Gasteiger partial charge in [-0.2, -0.15) is 5.10 Å². The first kappa shape index (κ1) is 24.3. The summed E-state index contributed by atoms with van der Waals surface area (Å²) in [6.07, 6.45) is 2.25. The van der Waals surface area contributed by atoms with Gasteiger partial charge in [0.25, 0.3) is 5.91 Å². The molecule has 7 nitrogen and oxygen atoms in total. The van der Waals surface area contributed by atoms with E-state index >= 15 is 0 Å². The Balaban J connectivity index is 1.86. The number of aromatic nitrogens is 2. The van der Waals surface area contributed by atoms with E-state index in [2.05, 4.69) is 39.9 Å². The van der Waals surface area contributed by atoms with Gasteiger partial charge in [0, 0.05) is 18.0 Å². The monoisotopic (exact) mass is 450 g/mol. The molecular formula is C26H34N4O3. The van der Waals surface area contributed by atoms with Crippen molar-refractivity contribution in [1.82, 2.24) is 14.7 Å². The third-order valence-electron chi connectivity index (χ3n) is 5.42. The Hall–Kier alpha value is -3.35. The quantitative estimate of drug-likeness (QED) is 0.512. The van der Waals surface area contributed by atoms with Gasteiger partial charge in [0.1, 0.15) is 12.4 Å². The van der Waals surface area contributed by atoms with Crippen LogP contribution in [-0.4, -0.2) is 39.6 Å². The largest absolute Gasteiger partial charge is 0.459 e. The minimum absolute atomic E-state index is 0.0734. The highest BCUT2D eigenvalue weighted by molar-refractivity contribution is 5.97. The zero-order valence-corrected chi connectivity index (χ0v) is 20.4. The molecule has 1 aromatic carbocycles. The second-order valence-electron chi connectivity index (χ2n) is 9.80. The number of rotatable bonds is 8. The predicted molar refractivity (Wildman–Crippen MR) is 130 cm³/mol. The fourth-order valence-electron chi connectivity index (χ4n) is 3.40. The molecule has 0 saturated heterocycles. The zero-order chi connectivity index (χ0) is 24.2. The van der Waals surface area contributed by atoms with E-state index < -0.39 is 0 Å². The molecule has 0 bridgehead atoms. The van der Waals surface area contributed by atoms with Gasteiger partial charge in [-0.15, -0.1) is 0 Å². The summed E-state index contributed by atoms with van der Waals surface area (Å²) in [6, 6.07) is 13.1. The lowest BCUT2D eigenvalue weighted by atomic mass is 9.92. The summed E-state index contributed by atoms with van der Waals surface area (Å²) in [5, 5.41) is 7.77. The highest BCUT2D eigenvalue weighted by Gasteiger charge is 2.24. The lowest BCUT2D eigenvalue weighted by Crippen LogP contribution is -2.39. The molecule has 3 rings (SSSR count). The number of para-hydroxylation sites is 1. The molecule has 2 heterocycles. The van der Waals surface area contributed by atoms with Crippen LogP contribution in [0.15, 0.2) is 53.1 Å². The average Bonchev–Trinajstić information content (AvgIpc) is 3.41. The summed E-state index contributed by atoms with van der Waals surface area (Å²) >= 11 is 0. The Morgan fingerprint density at radius 3 is 2.48 bits per heavy atom. The van der Waals surface area contributed by atoms with Gasteiger partial charge < -0.3 is 14.6 Å². The Labute approximate surface area is 195 Å². The molecule has 0 atom stereocenters. The van der Waals surface area contributed by atoms with Crippen molar-refractivity contribution in [2.75, 3.05) is 18.4 Å². The summed E-state index contributed by atoms with van der Waals surface area (Å²) in [5.74, 6) is 0.629.